The van der Waals surface area contributed by atoms with E-state index in [2.05, 4.69) is 5.32 Å². The molecule has 1 fully saturated rings. The van der Waals surface area contributed by atoms with Crippen molar-refractivity contribution in [3.8, 4) is 0 Å². The summed E-state index contributed by atoms with van der Waals surface area (Å²) in [6.07, 6.45) is 6.23. The maximum absolute atomic E-state index is 11.6. The van der Waals surface area contributed by atoms with Crippen LogP contribution in [-0.4, -0.2) is 19.0 Å². The minimum absolute atomic E-state index is 0.0399. The molecule has 3 nitrogen and oxygen atoms in total. The first-order valence-electron chi connectivity index (χ1n) is 5.75. The minimum atomic E-state index is 0.0399. The zero-order valence-electron chi connectivity index (χ0n) is 9.09. The molecule has 0 aromatic carbocycles. The predicted octanol–water partition coefficient (Wildman–Crippen LogP) is 1.28. The van der Waals surface area contributed by atoms with Crippen LogP contribution >= 0.6 is 0 Å². The van der Waals surface area contributed by atoms with E-state index in [0.29, 0.717) is 13.1 Å². The van der Waals surface area contributed by atoms with E-state index in [1.807, 2.05) is 6.92 Å². The van der Waals surface area contributed by atoms with Gasteiger partial charge in [-0.1, -0.05) is 25.7 Å². The van der Waals surface area contributed by atoms with Crippen molar-refractivity contribution in [2.75, 3.05) is 13.1 Å². The molecule has 0 aromatic rings. The van der Waals surface area contributed by atoms with Gasteiger partial charge in [-0.3, -0.25) is 4.79 Å². The lowest BCUT2D eigenvalue weighted by Crippen LogP contribution is -2.35. The van der Waals surface area contributed by atoms with Crippen molar-refractivity contribution in [1.82, 2.24) is 5.32 Å². The Hall–Kier alpha value is -0.570. The Bertz CT molecular complexity index is 176. The van der Waals surface area contributed by atoms with Crippen LogP contribution in [0.3, 0.4) is 0 Å². The number of amides is 1. The van der Waals surface area contributed by atoms with E-state index in [-0.39, 0.29) is 11.8 Å². The molecular weight excluding hydrogens is 176 g/mol. The Labute approximate surface area is 86.4 Å². The van der Waals surface area contributed by atoms with Crippen LogP contribution in [-0.2, 0) is 4.79 Å². The number of rotatable bonds is 5. The highest BCUT2D eigenvalue weighted by atomic mass is 16.1. The molecule has 1 unspecified atom stereocenters. The van der Waals surface area contributed by atoms with Crippen LogP contribution in [0.4, 0.5) is 0 Å². The van der Waals surface area contributed by atoms with E-state index in [1.54, 1.807) is 0 Å². The lowest BCUT2D eigenvalue weighted by atomic mass is 9.92. The third-order valence-electron chi connectivity index (χ3n) is 3.10. The smallest absolute Gasteiger partial charge is 0.224 e. The first-order valence-corrected chi connectivity index (χ1v) is 5.75. The van der Waals surface area contributed by atoms with E-state index in [1.165, 1.54) is 25.7 Å². The van der Waals surface area contributed by atoms with Gasteiger partial charge in [-0.05, 0) is 19.3 Å². The van der Waals surface area contributed by atoms with Crippen LogP contribution in [0.1, 0.15) is 39.0 Å². The van der Waals surface area contributed by atoms with Crippen LogP contribution in [0, 0.1) is 11.8 Å². The topological polar surface area (TPSA) is 55.1 Å². The molecule has 0 heterocycles. The zero-order chi connectivity index (χ0) is 10.4. The van der Waals surface area contributed by atoms with Gasteiger partial charge < -0.3 is 11.1 Å². The zero-order valence-corrected chi connectivity index (χ0v) is 9.09. The molecule has 1 saturated carbocycles. The second-order valence-electron chi connectivity index (χ2n) is 4.21. The minimum Gasteiger partial charge on any atom is -0.356 e. The van der Waals surface area contributed by atoms with Crippen molar-refractivity contribution in [1.29, 1.82) is 0 Å². The molecule has 0 aromatic heterocycles. The number of hydrogen-bond donors (Lipinski definition) is 2. The quantitative estimate of drug-likeness (QED) is 0.699. The third kappa shape index (κ3) is 3.29. The van der Waals surface area contributed by atoms with E-state index in [4.69, 9.17) is 5.73 Å². The average molecular weight is 198 g/mol. The van der Waals surface area contributed by atoms with Crippen LogP contribution in [0.5, 0.6) is 0 Å². The van der Waals surface area contributed by atoms with E-state index in [9.17, 15) is 4.79 Å². The fourth-order valence-electron chi connectivity index (χ4n) is 2.28. The largest absolute Gasteiger partial charge is 0.356 e. The number of hydrogen-bond acceptors (Lipinski definition) is 2. The highest BCUT2D eigenvalue weighted by Crippen LogP contribution is 2.30. The monoisotopic (exact) mass is 198 g/mol. The molecule has 0 bridgehead atoms. The summed E-state index contributed by atoms with van der Waals surface area (Å²) < 4.78 is 0. The Morgan fingerprint density at radius 2 is 2.14 bits per heavy atom. The standard InChI is InChI=1S/C11H22N2O/c1-2-13-11(14)10(8-12)7-9-5-3-4-6-9/h9-10H,2-8,12H2,1H3,(H,13,14). The van der Waals surface area contributed by atoms with Crippen molar-refractivity contribution >= 4 is 5.91 Å². The normalized spacial score (nSPS) is 19.6. The Balaban J connectivity index is 2.33. The van der Waals surface area contributed by atoms with Gasteiger partial charge in [0.15, 0.2) is 0 Å². The summed E-state index contributed by atoms with van der Waals surface area (Å²) in [6, 6.07) is 0. The lowest BCUT2D eigenvalue weighted by molar-refractivity contribution is -0.125. The maximum Gasteiger partial charge on any atom is 0.224 e. The summed E-state index contributed by atoms with van der Waals surface area (Å²) in [4.78, 5) is 11.6. The van der Waals surface area contributed by atoms with Gasteiger partial charge >= 0.3 is 0 Å². The molecule has 3 N–H and O–H groups in total. The Morgan fingerprint density at radius 3 is 2.64 bits per heavy atom. The van der Waals surface area contributed by atoms with Crippen molar-refractivity contribution < 1.29 is 4.79 Å². The van der Waals surface area contributed by atoms with Crippen LogP contribution in [0.25, 0.3) is 0 Å². The molecular formula is C11H22N2O. The van der Waals surface area contributed by atoms with Crippen LogP contribution < -0.4 is 11.1 Å². The van der Waals surface area contributed by atoms with Crippen molar-refractivity contribution in [2.24, 2.45) is 17.6 Å². The molecule has 0 spiro atoms. The Morgan fingerprint density at radius 1 is 1.50 bits per heavy atom. The van der Waals surface area contributed by atoms with Gasteiger partial charge in [-0.2, -0.15) is 0 Å². The second-order valence-corrected chi connectivity index (χ2v) is 4.21. The van der Waals surface area contributed by atoms with Gasteiger partial charge in [0.05, 0.1) is 5.92 Å². The molecule has 1 aliphatic carbocycles. The molecule has 3 heteroatoms. The van der Waals surface area contributed by atoms with Gasteiger partial charge in [-0.15, -0.1) is 0 Å². The van der Waals surface area contributed by atoms with Crippen LogP contribution in [0.15, 0.2) is 0 Å². The molecule has 0 aliphatic heterocycles. The highest BCUT2D eigenvalue weighted by molar-refractivity contribution is 5.78. The summed E-state index contributed by atoms with van der Waals surface area (Å²) in [5.74, 6) is 0.922. The van der Waals surface area contributed by atoms with Crippen LogP contribution in [0.2, 0.25) is 0 Å². The van der Waals surface area contributed by atoms with E-state index >= 15 is 0 Å². The highest BCUT2D eigenvalue weighted by Gasteiger charge is 2.23. The average Bonchev–Trinajstić information content (AvgIpc) is 2.66. The molecule has 82 valence electrons. The summed E-state index contributed by atoms with van der Waals surface area (Å²) in [6.45, 7) is 3.14. The summed E-state index contributed by atoms with van der Waals surface area (Å²) in [5.41, 5.74) is 5.62. The number of nitrogens with one attached hydrogen (secondary N) is 1. The van der Waals surface area contributed by atoms with Crippen molar-refractivity contribution in [2.45, 2.75) is 39.0 Å². The summed E-state index contributed by atoms with van der Waals surface area (Å²) >= 11 is 0. The summed E-state index contributed by atoms with van der Waals surface area (Å²) in [5, 5.41) is 2.85. The lowest BCUT2D eigenvalue weighted by Gasteiger charge is -2.17. The molecule has 1 amide bonds. The number of nitrogens with two attached hydrogens (primary N) is 1. The third-order valence-corrected chi connectivity index (χ3v) is 3.10. The fourth-order valence-corrected chi connectivity index (χ4v) is 2.28. The van der Waals surface area contributed by atoms with Crippen molar-refractivity contribution in [3.05, 3.63) is 0 Å². The molecule has 1 aliphatic rings. The van der Waals surface area contributed by atoms with E-state index in [0.717, 1.165) is 12.3 Å². The number of carbonyl (C=O) groups excluding carboxylic acids is 1. The number of carbonyl (C=O) groups is 1. The molecule has 14 heavy (non-hydrogen) atoms. The Kier molecular flexibility index (Phi) is 4.94. The predicted molar refractivity (Wildman–Crippen MR) is 57.8 cm³/mol. The van der Waals surface area contributed by atoms with E-state index < -0.39 is 0 Å². The van der Waals surface area contributed by atoms with Gasteiger partial charge in [-0.25, -0.2) is 0 Å². The fraction of sp³-hybridized carbons (Fsp3) is 0.909. The first kappa shape index (κ1) is 11.5. The van der Waals surface area contributed by atoms with Gasteiger partial charge in [0.25, 0.3) is 0 Å². The first-order chi connectivity index (χ1) is 6.77. The molecule has 0 saturated heterocycles. The van der Waals surface area contributed by atoms with Crippen molar-refractivity contribution in [3.63, 3.8) is 0 Å². The second kappa shape index (κ2) is 6.02. The maximum atomic E-state index is 11.6. The molecule has 1 rings (SSSR count). The van der Waals surface area contributed by atoms with Gasteiger partial charge in [0.2, 0.25) is 5.91 Å². The van der Waals surface area contributed by atoms with Gasteiger partial charge in [0.1, 0.15) is 0 Å². The SMILES string of the molecule is CCNC(=O)C(CN)CC1CCCC1. The van der Waals surface area contributed by atoms with Gasteiger partial charge in [0, 0.05) is 13.1 Å². The molecule has 0 radical (unpaired) electrons. The summed E-state index contributed by atoms with van der Waals surface area (Å²) in [7, 11) is 0. The molecule has 1 atom stereocenters.